The first kappa shape index (κ1) is 18.8. The van der Waals surface area contributed by atoms with E-state index in [-0.39, 0.29) is 32.8 Å². The lowest BCUT2D eigenvalue weighted by Gasteiger charge is -2.06. The molecule has 0 radical (unpaired) electrons. The smallest absolute Gasteiger partial charge is 0.345 e. The lowest BCUT2D eigenvalue weighted by molar-refractivity contribution is -0.112. The first-order valence-electron chi connectivity index (χ1n) is 7.56. The van der Waals surface area contributed by atoms with Crippen molar-refractivity contribution in [2.45, 2.75) is 0 Å². The minimum atomic E-state index is -0.771. The van der Waals surface area contributed by atoms with E-state index in [1.54, 1.807) is 30.3 Å². The third kappa shape index (κ3) is 4.05. The summed E-state index contributed by atoms with van der Waals surface area (Å²) in [6, 6.07) is 8.18. The Morgan fingerprint density at radius 3 is 2.56 bits per heavy atom. The Hall–Kier alpha value is -3.03. The van der Waals surface area contributed by atoms with Crippen molar-refractivity contribution in [3.63, 3.8) is 0 Å². The van der Waals surface area contributed by atoms with E-state index in [9.17, 15) is 9.59 Å². The second-order valence-corrected chi connectivity index (χ2v) is 5.98. The monoisotopic (exact) mass is 406 g/mol. The van der Waals surface area contributed by atoms with Crippen LogP contribution in [0.3, 0.4) is 0 Å². The average molecular weight is 407 g/mol. The van der Waals surface area contributed by atoms with Crippen LogP contribution in [-0.4, -0.2) is 24.1 Å². The molecule has 0 saturated carbocycles. The standard InChI is InChI=1S/C18H12Cl2N2O5/c1-25-18(24)15-16(14-11(19)5-2-6-12(14)20)22-27-17(15)21-13(23)8-7-10-4-3-9-26-10/h2-9H,1H3,(H,21,23)/b8-7+. The highest BCUT2D eigenvalue weighted by Crippen LogP contribution is 2.38. The van der Waals surface area contributed by atoms with Gasteiger partial charge in [-0.2, -0.15) is 0 Å². The molecule has 0 spiro atoms. The molecule has 0 unspecified atom stereocenters. The van der Waals surface area contributed by atoms with Gasteiger partial charge in [0.15, 0.2) is 5.56 Å². The minimum absolute atomic E-state index is 0.0581. The zero-order chi connectivity index (χ0) is 19.4. The molecule has 0 aliphatic heterocycles. The summed E-state index contributed by atoms with van der Waals surface area (Å²) in [5.41, 5.74) is 0.242. The Labute approximate surface area is 163 Å². The third-order valence-corrected chi connectivity index (χ3v) is 4.09. The summed E-state index contributed by atoms with van der Waals surface area (Å²) < 4.78 is 15.0. The summed E-state index contributed by atoms with van der Waals surface area (Å²) in [4.78, 5) is 24.4. The number of rotatable bonds is 5. The highest BCUT2D eigenvalue weighted by molar-refractivity contribution is 6.39. The zero-order valence-corrected chi connectivity index (χ0v) is 15.4. The van der Waals surface area contributed by atoms with Gasteiger partial charge < -0.3 is 13.7 Å². The second-order valence-electron chi connectivity index (χ2n) is 5.16. The number of halogens is 2. The number of hydrogen-bond acceptors (Lipinski definition) is 6. The molecule has 0 atom stereocenters. The number of carbonyl (C=O) groups is 2. The van der Waals surface area contributed by atoms with Gasteiger partial charge in [0.25, 0.3) is 5.91 Å². The molecule has 0 aliphatic rings. The molecular formula is C18H12Cl2N2O5. The van der Waals surface area contributed by atoms with Crippen LogP contribution in [0.4, 0.5) is 5.88 Å². The maximum atomic E-state index is 12.2. The van der Waals surface area contributed by atoms with Crippen LogP contribution in [0.5, 0.6) is 0 Å². The summed E-state index contributed by atoms with van der Waals surface area (Å²) in [6.07, 6.45) is 4.14. The normalized spacial score (nSPS) is 10.9. The molecule has 138 valence electrons. The molecule has 2 heterocycles. The summed E-state index contributed by atoms with van der Waals surface area (Å²) in [7, 11) is 1.19. The van der Waals surface area contributed by atoms with Crippen LogP contribution in [0.25, 0.3) is 17.3 Å². The predicted molar refractivity (Wildman–Crippen MR) is 99.7 cm³/mol. The van der Waals surface area contributed by atoms with Gasteiger partial charge in [0.1, 0.15) is 11.5 Å². The molecule has 27 heavy (non-hydrogen) atoms. The van der Waals surface area contributed by atoms with Gasteiger partial charge >= 0.3 is 5.97 Å². The molecule has 1 amide bonds. The molecule has 3 aromatic rings. The lowest BCUT2D eigenvalue weighted by Crippen LogP contribution is -2.12. The summed E-state index contributed by atoms with van der Waals surface area (Å²) in [5.74, 6) is -1.04. The molecule has 0 saturated heterocycles. The quantitative estimate of drug-likeness (QED) is 0.488. The van der Waals surface area contributed by atoms with E-state index in [0.29, 0.717) is 5.76 Å². The summed E-state index contributed by atoms with van der Waals surface area (Å²) >= 11 is 12.4. The van der Waals surface area contributed by atoms with Crippen LogP contribution in [0.1, 0.15) is 16.1 Å². The molecule has 1 aromatic carbocycles. The molecule has 0 fully saturated rings. The van der Waals surface area contributed by atoms with Crippen molar-refractivity contribution in [2.24, 2.45) is 0 Å². The van der Waals surface area contributed by atoms with E-state index in [2.05, 4.69) is 10.5 Å². The van der Waals surface area contributed by atoms with Crippen LogP contribution < -0.4 is 5.32 Å². The van der Waals surface area contributed by atoms with Gasteiger partial charge in [0, 0.05) is 11.6 Å². The molecule has 7 nitrogen and oxygen atoms in total. The number of nitrogens with zero attached hydrogens (tertiary/aromatic N) is 1. The molecule has 1 N–H and O–H groups in total. The zero-order valence-electron chi connectivity index (χ0n) is 13.9. The van der Waals surface area contributed by atoms with E-state index in [1.807, 2.05) is 0 Å². The Bertz CT molecular complexity index is 989. The average Bonchev–Trinajstić information content (AvgIpc) is 3.29. The van der Waals surface area contributed by atoms with Crippen molar-refractivity contribution >= 4 is 47.0 Å². The number of furan rings is 1. The Kier molecular flexibility index (Phi) is 5.63. The van der Waals surface area contributed by atoms with Crippen LogP contribution in [0.2, 0.25) is 10.0 Å². The fraction of sp³-hybridized carbons (Fsp3) is 0.0556. The van der Waals surface area contributed by atoms with Gasteiger partial charge in [-0.3, -0.25) is 10.1 Å². The highest BCUT2D eigenvalue weighted by atomic mass is 35.5. The Balaban J connectivity index is 1.96. The van der Waals surface area contributed by atoms with E-state index in [1.165, 1.54) is 25.5 Å². The summed E-state index contributed by atoms with van der Waals surface area (Å²) in [6.45, 7) is 0. The van der Waals surface area contributed by atoms with Crippen LogP contribution in [0, 0.1) is 0 Å². The lowest BCUT2D eigenvalue weighted by atomic mass is 10.1. The van der Waals surface area contributed by atoms with Gasteiger partial charge in [-0.15, -0.1) is 0 Å². The summed E-state index contributed by atoms with van der Waals surface area (Å²) in [5, 5.41) is 6.79. The Morgan fingerprint density at radius 2 is 1.93 bits per heavy atom. The number of amides is 1. The van der Waals surface area contributed by atoms with Crippen LogP contribution >= 0.6 is 23.2 Å². The van der Waals surface area contributed by atoms with Crippen molar-refractivity contribution < 1.29 is 23.3 Å². The maximum Gasteiger partial charge on any atom is 0.345 e. The molecular weight excluding hydrogens is 395 g/mol. The van der Waals surface area contributed by atoms with Crippen molar-refractivity contribution in [1.82, 2.24) is 5.16 Å². The number of esters is 1. The highest BCUT2D eigenvalue weighted by Gasteiger charge is 2.28. The fourth-order valence-electron chi connectivity index (χ4n) is 2.26. The van der Waals surface area contributed by atoms with Gasteiger partial charge in [0.05, 0.1) is 23.4 Å². The first-order valence-corrected chi connectivity index (χ1v) is 8.31. The van der Waals surface area contributed by atoms with Crippen molar-refractivity contribution in [3.05, 3.63) is 64.0 Å². The second kappa shape index (κ2) is 8.11. The number of anilines is 1. The first-order chi connectivity index (χ1) is 13.0. The number of hydrogen-bond donors (Lipinski definition) is 1. The number of carbonyl (C=O) groups excluding carboxylic acids is 2. The number of benzene rings is 1. The minimum Gasteiger partial charge on any atom is -0.465 e. The molecule has 9 heteroatoms. The van der Waals surface area contributed by atoms with E-state index < -0.39 is 11.9 Å². The molecule has 3 rings (SSSR count). The number of ether oxygens (including phenoxy) is 1. The van der Waals surface area contributed by atoms with Crippen molar-refractivity contribution in [1.29, 1.82) is 0 Å². The van der Waals surface area contributed by atoms with E-state index >= 15 is 0 Å². The fourth-order valence-corrected chi connectivity index (χ4v) is 2.84. The Morgan fingerprint density at radius 1 is 1.19 bits per heavy atom. The maximum absolute atomic E-state index is 12.2. The van der Waals surface area contributed by atoms with E-state index in [4.69, 9.17) is 36.9 Å². The largest absolute Gasteiger partial charge is 0.465 e. The number of aromatic nitrogens is 1. The van der Waals surface area contributed by atoms with Gasteiger partial charge in [-0.05, 0) is 30.3 Å². The number of methoxy groups -OCH3 is 1. The third-order valence-electron chi connectivity index (χ3n) is 3.46. The van der Waals surface area contributed by atoms with Gasteiger partial charge in [-0.1, -0.05) is 34.4 Å². The van der Waals surface area contributed by atoms with E-state index in [0.717, 1.165) is 0 Å². The SMILES string of the molecule is COC(=O)c1c(-c2c(Cl)cccc2Cl)noc1NC(=O)/C=C/c1ccco1. The van der Waals surface area contributed by atoms with Crippen molar-refractivity contribution in [2.75, 3.05) is 12.4 Å². The predicted octanol–water partition coefficient (Wildman–Crippen LogP) is 4.68. The van der Waals surface area contributed by atoms with Crippen LogP contribution in [0.15, 0.2) is 51.6 Å². The van der Waals surface area contributed by atoms with Crippen molar-refractivity contribution in [3.8, 4) is 11.3 Å². The topological polar surface area (TPSA) is 94.6 Å². The molecule has 0 aliphatic carbocycles. The van der Waals surface area contributed by atoms with Crippen LogP contribution in [-0.2, 0) is 9.53 Å². The molecule has 0 bridgehead atoms. The van der Waals surface area contributed by atoms with Gasteiger partial charge in [-0.25, -0.2) is 4.79 Å². The van der Waals surface area contributed by atoms with Gasteiger partial charge in [0.2, 0.25) is 5.88 Å². The molecule has 2 aromatic heterocycles. The number of nitrogens with one attached hydrogen (secondary N) is 1.